The fraction of sp³-hybridized carbons (Fsp3) is 0.438. The Balaban J connectivity index is 2.73. The van der Waals surface area contributed by atoms with Crippen molar-refractivity contribution in [3.63, 3.8) is 0 Å². The van der Waals surface area contributed by atoms with Crippen LogP contribution in [0.4, 0.5) is 0 Å². The summed E-state index contributed by atoms with van der Waals surface area (Å²) in [7, 11) is 0. The second-order valence-corrected chi connectivity index (χ2v) is 4.89. The van der Waals surface area contributed by atoms with E-state index in [0.717, 1.165) is 12.0 Å². The molecule has 0 aliphatic carbocycles. The van der Waals surface area contributed by atoms with Crippen LogP contribution in [0.1, 0.15) is 38.8 Å². The zero-order chi connectivity index (χ0) is 13.5. The Morgan fingerprint density at radius 3 is 2.39 bits per heavy atom. The molecule has 0 aliphatic rings. The van der Waals surface area contributed by atoms with E-state index < -0.39 is 0 Å². The summed E-state index contributed by atoms with van der Waals surface area (Å²) in [6.45, 7) is 8.42. The Morgan fingerprint density at radius 2 is 1.89 bits per heavy atom. The zero-order valence-electron chi connectivity index (χ0n) is 11.7. The van der Waals surface area contributed by atoms with Crippen LogP contribution in [0.2, 0.25) is 0 Å². The van der Waals surface area contributed by atoms with Gasteiger partial charge in [0, 0.05) is 5.57 Å². The minimum absolute atomic E-state index is 0.247. The molecule has 18 heavy (non-hydrogen) atoms. The van der Waals surface area contributed by atoms with E-state index in [1.807, 2.05) is 25.1 Å². The van der Waals surface area contributed by atoms with Crippen molar-refractivity contribution in [2.24, 2.45) is 5.92 Å². The second-order valence-electron chi connectivity index (χ2n) is 4.89. The van der Waals surface area contributed by atoms with E-state index in [9.17, 15) is 4.79 Å². The van der Waals surface area contributed by atoms with Gasteiger partial charge in [-0.3, -0.25) is 0 Å². The average molecular weight is 246 g/mol. The summed E-state index contributed by atoms with van der Waals surface area (Å²) in [5, 5.41) is 0. The van der Waals surface area contributed by atoms with Crippen LogP contribution in [-0.2, 0) is 16.0 Å². The third-order valence-electron chi connectivity index (χ3n) is 2.60. The van der Waals surface area contributed by atoms with Crippen LogP contribution in [-0.4, -0.2) is 12.6 Å². The van der Waals surface area contributed by atoms with Crippen molar-refractivity contribution in [1.82, 2.24) is 0 Å². The molecule has 0 aliphatic heterocycles. The Kier molecular flexibility index (Phi) is 5.63. The molecule has 0 bridgehead atoms. The first-order chi connectivity index (χ1) is 8.52. The van der Waals surface area contributed by atoms with Gasteiger partial charge < -0.3 is 4.74 Å². The number of hydrogen-bond acceptors (Lipinski definition) is 2. The normalized spacial score (nSPS) is 11.7. The number of benzene rings is 1. The molecular weight excluding hydrogens is 224 g/mol. The highest BCUT2D eigenvalue weighted by molar-refractivity contribution is 5.92. The molecule has 1 rings (SSSR count). The topological polar surface area (TPSA) is 26.3 Å². The molecule has 0 N–H and O–H groups in total. The molecular formula is C16H22O2. The number of carbonyl (C=O) groups excluding carboxylic acids is 1. The summed E-state index contributed by atoms with van der Waals surface area (Å²) in [6, 6.07) is 8.31. The Hall–Kier alpha value is -1.57. The highest BCUT2D eigenvalue weighted by Gasteiger charge is 2.04. The maximum atomic E-state index is 11.5. The third kappa shape index (κ3) is 4.74. The molecule has 2 nitrogen and oxygen atoms in total. The molecule has 0 fully saturated rings. The van der Waals surface area contributed by atoms with Crippen LogP contribution in [0.25, 0.3) is 6.08 Å². The molecule has 0 unspecified atom stereocenters. The van der Waals surface area contributed by atoms with Gasteiger partial charge in [-0.05, 0) is 43.4 Å². The van der Waals surface area contributed by atoms with Gasteiger partial charge in [0.25, 0.3) is 0 Å². The smallest absolute Gasteiger partial charge is 0.333 e. The molecule has 1 aromatic carbocycles. The van der Waals surface area contributed by atoms with Gasteiger partial charge >= 0.3 is 5.97 Å². The lowest BCUT2D eigenvalue weighted by Gasteiger charge is -2.05. The van der Waals surface area contributed by atoms with Crippen LogP contribution in [0.15, 0.2) is 29.8 Å². The lowest BCUT2D eigenvalue weighted by atomic mass is 10.0. The number of carbonyl (C=O) groups is 1. The van der Waals surface area contributed by atoms with Gasteiger partial charge in [0.05, 0.1) is 6.61 Å². The molecule has 0 atom stereocenters. The molecule has 0 radical (unpaired) electrons. The quantitative estimate of drug-likeness (QED) is 0.582. The molecule has 0 aromatic heterocycles. The lowest BCUT2D eigenvalue weighted by Crippen LogP contribution is -2.04. The monoisotopic (exact) mass is 246 g/mol. The molecule has 0 amide bonds. The number of ether oxygens (including phenoxy) is 1. The average Bonchev–Trinajstić information content (AvgIpc) is 2.31. The molecule has 0 saturated heterocycles. The number of esters is 1. The molecule has 2 heteroatoms. The van der Waals surface area contributed by atoms with Crippen LogP contribution < -0.4 is 0 Å². The highest BCUT2D eigenvalue weighted by Crippen LogP contribution is 2.12. The largest absolute Gasteiger partial charge is 0.463 e. The molecule has 1 aromatic rings. The maximum absolute atomic E-state index is 11.5. The van der Waals surface area contributed by atoms with Crippen LogP contribution in [0, 0.1) is 5.92 Å². The minimum atomic E-state index is -0.247. The minimum Gasteiger partial charge on any atom is -0.463 e. The van der Waals surface area contributed by atoms with Crippen molar-refractivity contribution >= 4 is 12.0 Å². The van der Waals surface area contributed by atoms with Gasteiger partial charge in [0.2, 0.25) is 0 Å². The fourth-order valence-corrected chi connectivity index (χ4v) is 1.78. The summed E-state index contributed by atoms with van der Waals surface area (Å²) in [5.41, 5.74) is 3.00. The predicted molar refractivity (Wildman–Crippen MR) is 75.3 cm³/mol. The third-order valence-corrected chi connectivity index (χ3v) is 2.60. The SMILES string of the molecule is CCOC(=O)/C(C)=C/c1ccc(CC(C)C)cc1. The Labute approximate surface area is 110 Å². The van der Waals surface area contributed by atoms with Gasteiger partial charge in [-0.1, -0.05) is 38.1 Å². The van der Waals surface area contributed by atoms with E-state index in [4.69, 9.17) is 4.74 Å². The van der Waals surface area contributed by atoms with Crippen molar-refractivity contribution in [3.8, 4) is 0 Å². The van der Waals surface area contributed by atoms with Crippen molar-refractivity contribution in [1.29, 1.82) is 0 Å². The van der Waals surface area contributed by atoms with Crippen LogP contribution in [0.3, 0.4) is 0 Å². The maximum Gasteiger partial charge on any atom is 0.333 e. The summed E-state index contributed by atoms with van der Waals surface area (Å²) in [6.07, 6.45) is 2.94. The van der Waals surface area contributed by atoms with Crippen molar-refractivity contribution in [2.45, 2.75) is 34.1 Å². The summed E-state index contributed by atoms with van der Waals surface area (Å²) in [5.74, 6) is 0.413. The summed E-state index contributed by atoms with van der Waals surface area (Å²) in [4.78, 5) is 11.5. The first kappa shape index (κ1) is 14.5. The van der Waals surface area contributed by atoms with E-state index in [0.29, 0.717) is 18.1 Å². The van der Waals surface area contributed by atoms with Gasteiger partial charge in [0.15, 0.2) is 0 Å². The summed E-state index contributed by atoms with van der Waals surface area (Å²) >= 11 is 0. The predicted octanol–water partition coefficient (Wildman–Crippen LogP) is 3.85. The first-order valence-corrected chi connectivity index (χ1v) is 6.47. The standard InChI is InChI=1S/C16H22O2/c1-5-18-16(17)13(4)11-15-8-6-14(7-9-15)10-12(2)3/h6-9,11-12H,5,10H2,1-4H3/b13-11+. The van der Waals surface area contributed by atoms with E-state index >= 15 is 0 Å². The Morgan fingerprint density at radius 1 is 1.28 bits per heavy atom. The lowest BCUT2D eigenvalue weighted by molar-refractivity contribution is -0.138. The molecule has 0 spiro atoms. The molecule has 98 valence electrons. The zero-order valence-corrected chi connectivity index (χ0v) is 11.7. The van der Waals surface area contributed by atoms with E-state index in [-0.39, 0.29) is 5.97 Å². The van der Waals surface area contributed by atoms with Crippen molar-refractivity contribution < 1.29 is 9.53 Å². The number of rotatable bonds is 5. The van der Waals surface area contributed by atoms with Gasteiger partial charge in [-0.2, -0.15) is 0 Å². The van der Waals surface area contributed by atoms with E-state index in [1.54, 1.807) is 6.92 Å². The number of hydrogen-bond donors (Lipinski definition) is 0. The van der Waals surface area contributed by atoms with Gasteiger partial charge in [-0.25, -0.2) is 4.79 Å². The Bertz CT molecular complexity index is 413. The van der Waals surface area contributed by atoms with Crippen LogP contribution >= 0.6 is 0 Å². The van der Waals surface area contributed by atoms with E-state index in [1.165, 1.54) is 5.56 Å². The van der Waals surface area contributed by atoms with Gasteiger partial charge in [-0.15, -0.1) is 0 Å². The fourth-order valence-electron chi connectivity index (χ4n) is 1.78. The summed E-state index contributed by atoms with van der Waals surface area (Å²) < 4.78 is 4.95. The van der Waals surface area contributed by atoms with Crippen molar-refractivity contribution in [3.05, 3.63) is 41.0 Å². The van der Waals surface area contributed by atoms with E-state index in [2.05, 4.69) is 26.0 Å². The second kappa shape index (κ2) is 7.00. The van der Waals surface area contributed by atoms with Gasteiger partial charge in [0.1, 0.15) is 0 Å². The molecule has 0 heterocycles. The first-order valence-electron chi connectivity index (χ1n) is 6.47. The highest BCUT2D eigenvalue weighted by atomic mass is 16.5. The van der Waals surface area contributed by atoms with Crippen molar-refractivity contribution in [2.75, 3.05) is 6.61 Å². The van der Waals surface area contributed by atoms with Crippen LogP contribution in [0.5, 0.6) is 0 Å². The molecule has 0 saturated carbocycles.